The molecule has 0 bridgehead atoms. The molecule has 1 N–H and O–H groups in total. The van der Waals surface area contributed by atoms with Gasteiger partial charge in [-0.05, 0) is 24.6 Å². The number of hydrogen-bond donors (Lipinski definition) is 1. The Balaban J connectivity index is 3.00. The van der Waals surface area contributed by atoms with E-state index < -0.39 is 21.2 Å². The van der Waals surface area contributed by atoms with Crippen molar-refractivity contribution in [1.82, 2.24) is 0 Å². The first-order chi connectivity index (χ1) is 7.36. The van der Waals surface area contributed by atoms with Gasteiger partial charge >= 0.3 is 0 Å². The van der Waals surface area contributed by atoms with Crippen LogP contribution in [-0.2, 0) is 9.84 Å². The molecular weight excluding hydrogens is 228 g/mol. The van der Waals surface area contributed by atoms with Gasteiger partial charge in [0.1, 0.15) is 5.75 Å². The first kappa shape index (κ1) is 13.0. The number of hydrogen-bond acceptors (Lipinski definition) is 4. The van der Waals surface area contributed by atoms with Crippen LogP contribution in [0.1, 0.15) is 18.6 Å². The molecule has 16 heavy (non-hydrogen) atoms. The highest BCUT2D eigenvalue weighted by atomic mass is 32.2. The summed E-state index contributed by atoms with van der Waals surface area (Å²) in [5, 5.41) is 9.08. The number of benzene rings is 1. The Morgan fingerprint density at radius 2 is 2.00 bits per heavy atom. The molecule has 5 heteroatoms. The summed E-state index contributed by atoms with van der Waals surface area (Å²) < 4.78 is 27.6. The van der Waals surface area contributed by atoms with E-state index >= 15 is 0 Å². The van der Waals surface area contributed by atoms with Gasteiger partial charge in [0, 0.05) is 6.26 Å². The highest BCUT2D eigenvalue weighted by Gasteiger charge is 2.25. The average Bonchev–Trinajstić information content (AvgIpc) is 2.26. The maximum absolute atomic E-state index is 11.3. The molecule has 0 heterocycles. The van der Waals surface area contributed by atoms with Crippen molar-refractivity contribution in [2.24, 2.45) is 0 Å². The zero-order valence-corrected chi connectivity index (χ0v) is 10.4. The quantitative estimate of drug-likeness (QED) is 0.863. The first-order valence-corrected chi connectivity index (χ1v) is 6.82. The Bertz CT molecular complexity index is 453. The molecule has 0 fully saturated rings. The second-order valence-electron chi connectivity index (χ2n) is 3.76. The predicted octanol–water partition coefficient (Wildman–Crippen LogP) is 1.16. The van der Waals surface area contributed by atoms with Gasteiger partial charge in [-0.3, -0.25) is 0 Å². The van der Waals surface area contributed by atoms with Crippen LogP contribution in [0.4, 0.5) is 0 Å². The summed E-state index contributed by atoms with van der Waals surface area (Å²) in [6, 6.07) is 6.76. The van der Waals surface area contributed by atoms with Crippen LogP contribution in [0.2, 0.25) is 0 Å². The molecule has 4 nitrogen and oxygen atoms in total. The molecule has 0 spiro atoms. The molecule has 2 atom stereocenters. The maximum Gasteiger partial charge on any atom is 0.152 e. The van der Waals surface area contributed by atoms with Gasteiger partial charge < -0.3 is 9.84 Å². The lowest BCUT2D eigenvalue weighted by atomic mass is 10.1. The van der Waals surface area contributed by atoms with E-state index in [1.54, 1.807) is 24.3 Å². The van der Waals surface area contributed by atoms with Gasteiger partial charge in [0.2, 0.25) is 0 Å². The predicted molar refractivity (Wildman–Crippen MR) is 62.3 cm³/mol. The summed E-state index contributed by atoms with van der Waals surface area (Å²) in [5.74, 6) is 0.595. The summed E-state index contributed by atoms with van der Waals surface area (Å²) in [4.78, 5) is 0. The SMILES string of the molecule is COc1cccc(C(O)C(C)S(C)(=O)=O)c1. The van der Waals surface area contributed by atoms with Gasteiger partial charge in [-0.15, -0.1) is 0 Å². The zero-order chi connectivity index (χ0) is 12.3. The maximum atomic E-state index is 11.3. The van der Waals surface area contributed by atoms with Gasteiger partial charge in [0.25, 0.3) is 0 Å². The number of rotatable bonds is 4. The van der Waals surface area contributed by atoms with Crippen molar-refractivity contribution < 1.29 is 18.3 Å². The van der Waals surface area contributed by atoms with Crippen molar-refractivity contribution in [2.45, 2.75) is 18.3 Å². The Morgan fingerprint density at radius 3 is 2.50 bits per heavy atom. The zero-order valence-electron chi connectivity index (χ0n) is 9.54. The third-order valence-electron chi connectivity index (χ3n) is 2.56. The molecule has 0 aromatic heterocycles. The fraction of sp³-hybridized carbons (Fsp3) is 0.455. The van der Waals surface area contributed by atoms with Crippen LogP contribution in [0.25, 0.3) is 0 Å². The second-order valence-corrected chi connectivity index (χ2v) is 6.16. The molecular formula is C11H16O4S. The first-order valence-electron chi connectivity index (χ1n) is 4.87. The molecule has 0 saturated heterocycles. The van der Waals surface area contributed by atoms with Gasteiger partial charge in [-0.2, -0.15) is 0 Å². The second kappa shape index (κ2) is 4.84. The van der Waals surface area contributed by atoms with Crippen molar-refractivity contribution >= 4 is 9.84 Å². The van der Waals surface area contributed by atoms with Gasteiger partial charge in [-0.1, -0.05) is 12.1 Å². The molecule has 1 aromatic carbocycles. The Kier molecular flexibility index (Phi) is 3.93. The lowest BCUT2D eigenvalue weighted by Crippen LogP contribution is -2.24. The van der Waals surface area contributed by atoms with Gasteiger partial charge in [0.15, 0.2) is 9.84 Å². The van der Waals surface area contributed by atoms with Crippen LogP contribution in [0.5, 0.6) is 5.75 Å². The molecule has 1 aromatic rings. The Morgan fingerprint density at radius 1 is 1.38 bits per heavy atom. The normalized spacial score (nSPS) is 15.5. The van der Waals surface area contributed by atoms with E-state index in [-0.39, 0.29) is 0 Å². The number of aliphatic hydroxyl groups is 1. The highest BCUT2D eigenvalue weighted by Crippen LogP contribution is 2.24. The van der Waals surface area contributed by atoms with Crippen molar-refractivity contribution in [2.75, 3.05) is 13.4 Å². The fourth-order valence-electron chi connectivity index (χ4n) is 1.33. The molecule has 0 radical (unpaired) electrons. The highest BCUT2D eigenvalue weighted by molar-refractivity contribution is 7.91. The lowest BCUT2D eigenvalue weighted by Gasteiger charge is -2.17. The van der Waals surface area contributed by atoms with E-state index in [2.05, 4.69) is 0 Å². The third-order valence-corrected chi connectivity index (χ3v) is 4.16. The molecule has 0 aliphatic rings. The number of methoxy groups -OCH3 is 1. The summed E-state index contributed by atoms with van der Waals surface area (Å²) in [6.07, 6.45) is 0.0752. The minimum absolute atomic E-state index is 0.539. The van der Waals surface area contributed by atoms with E-state index in [1.807, 2.05) is 0 Å². The Labute approximate surface area is 95.8 Å². The smallest absolute Gasteiger partial charge is 0.152 e. The van der Waals surface area contributed by atoms with Crippen LogP contribution in [0.3, 0.4) is 0 Å². The van der Waals surface area contributed by atoms with Crippen molar-refractivity contribution in [3.8, 4) is 5.75 Å². The molecule has 2 unspecified atom stereocenters. The van der Waals surface area contributed by atoms with Gasteiger partial charge in [0.05, 0.1) is 18.5 Å². The van der Waals surface area contributed by atoms with Crippen molar-refractivity contribution in [1.29, 1.82) is 0 Å². The molecule has 0 aliphatic heterocycles. The molecule has 0 saturated carbocycles. The van der Waals surface area contributed by atoms with Crippen LogP contribution in [0.15, 0.2) is 24.3 Å². The molecule has 1 rings (SSSR count). The van der Waals surface area contributed by atoms with Crippen molar-refractivity contribution in [3.63, 3.8) is 0 Å². The number of aliphatic hydroxyl groups excluding tert-OH is 1. The van der Waals surface area contributed by atoms with Crippen LogP contribution in [0, 0.1) is 0 Å². The van der Waals surface area contributed by atoms with Gasteiger partial charge in [-0.25, -0.2) is 8.42 Å². The molecule has 0 aliphatic carbocycles. The van der Waals surface area contributed by atoms with E-state index in [4.69, 9.17) is 4.74 Å². The van der Waals surface area contributed by atoms with Crippen LogP contribution in [-0.4, -0.2) is 32.1 Å². The topological polar surface area (TPSA) is 63.6 Å². The van der Waals surface area contributed by atoms with E-state index in [9.17, 15) is 13.5 Å². The third kappa shape index (κ3) is 2.96. The summed E-state index contributed by atoms with van der Waals surface area (Å²) in [7, 11) is -1.74. The lowest BCUT2D eigenvalue weighted by molar-refractivity contribution is 0.176. The van der Waals surface area contributed by atoms with Crippen molar-refractivity contribution in [3.05, 3.63) is 29.8 Å². The number of ether oxygens (including phenoxy) is 1. The van der Waals surface area contributed by atoms with E-state index in [0.717, 1.165) is 6.26 Å². The minimum Gasteiger partial charge on any atom is -0.497 e. The Hall–Kier alpha value is -1.07. The fourth-order valence-corrected chi connectivity index (χ4v) is 1.96. The van der Waals surface area contributed by atoms with E-state index in [1.165, 1.54) is 14.0 Å². The van der Waals surface area contributed by atoms with Crippen LogP contribution >= 0.6 is 0 Å². The van der Waals surface area contributed by atoms with Crippen LogP contribution < -0.4 is 4.74 Å². The molecule has 90 valence electrons. The average molecular weight is 244 g/mol. The summed E-state index contributed by atoms with van der Waals surface area (Å²) in [6.45, 7) is 1.49. The van der Waals surface area contributed by atoms with E-state index in [0.29, 0.717) is 11.3 Å². The molecule has 0 amide bonds. The summed E-state index contributed by atoms with van der Waals surface area (Å²) in [5.41, 5.74) is 0.539. The minimum atomic E-state index is -3.26. The monoisotopic (exact) mass is 244 g/mol. The number of sulfone groups is 1. The largest absolute Gasteiger partial charge is 0.497 e. The standard InChI is InChI=1S/C11H16O4S/c1-8(16(3,13)14)11(12)9-5-4-6-10(7-9)15-2/h4-8,11-12H,1-3H3. The summed E-state index contributed by atoms with van der Waals surface area (Å²) >= 11 is 0.